The van der Waals surface area contributed by atoms with Gasteiger partial charge in [-0.05, 0) is 55.5 Å². The first kappa shape index (κ1) is 20.7. The molecule has 154 valence electrons. The van der Waals surface area contributed by atoms with E-state index < -0.39 is 0 Å². The molecule has 0 aliphatic heterocycles. The van der Waals surface area contributed by atoms with E-state index in [1.165, 1.54) is 16.9 Å². The molecular weight excluding hydrogens is 428 g/mol. The number of methoxy groups -OCH3 is 1. The Labute approximate surface area is 183 Å². The van der Waals surface area contributed by atoms with Gasteiger partial charge in [0, 0.05) is 22.8 Å². The molecule has 8 heteroatoms. The molecule has 3 aromatic rings. The van der Waals surface area contributed by atoms with Gasteiger partial charge >= 0.3 is 0 Å². The van der Waals surface area contributed by atoms with E-state index in [-0.39, 0.29) is 5.56 Å². The standard InChI is InChI=1S/C21H23ClN2O3S2/c1-26-11-10-24-20(25)18-16-4-2-3-5-17(16)29-19(18)23-21(24)28-13-12-27-15-8-6-14(22)7-9-15/h6-9H,2-5,10-13H2,1H3. The number of halogens is 1. The van der Waals surface area contributed by atoms with E-state index in [2.05, 4.69) is 0 Å². The van der Waals surface area contributed by atoms with Gasteiger partial charge in [0.2, 0.25) is 0 Å². The Bertz CT molecular complexity index is 1050. The fourth-order valence-electron chi connectivity index (χ4n) is 3.53. The van der Waals surface area contributed by atoms with E-state index in [1.807, 2.05) is 12.1 Å². The largest absolute Gasteiger partial charge is 0.493 e. The summed E-state index contributed by atoms with van der Waals surface area (Å²) in [5.41, 5.74) is 1.29. The van der Waals surface area contributed by atoms with E-state index in [9.17, 15) is 4.79 Å². The van der Waals surface area contributed by atoms with Crippen LogP contribution in [0.5, 0.6) is 5.75 Å². The van der Waals surface area contributed by atoms with Crippen LogP contribution < -0.4 is 10.3 Å². The molecule has 0 spiro atoms. The number of hydrogen-bond donors (Lipinski definition) is 0. The molecule has 0 amide bonds. The van der Waals surface area contributed by atoms with Gasteiger partial charge in [-0.1, -0.05) is 23.4 Å². The minimum atomic E-state index is 0.0626. The van der Waals surface area contributed by atoms with Crippen LogP contribution in [0.1, 0.15) is 23.3 Å². The highest BCUT2D eigenvalue weighted by Gasteiger charge is 2.22. The van der Waals surface area contributed by atoms with Crippen molar-refractivity contribution >= 4 is 44.9 Å². The van der Waals surface area contributed by atoms with Crippen LogP contribution in [-0.4, -0.2) is 35.6 Å². The highest BCUT2D eigenvalue weighted by Crippen LogP contribution is 2.34. The molecule has 0 saturated carbocycles. The number of fused-ring (bicyclic) bond motifs is 3. The lowest BCUT2D eigenvalue weighted by Gasteiger charge is -2.13. The van der Waals surface area contributed by atoms with Crippen LogP contribution >= 0.6 is 34.7 Å². The Morgan fingerprint density at radius 3 is 2.79 bits per heavy atom. The van der Waals surface area contributed by atoms with Gasteiger partial charge < -0.3 is 9.47 Å². The van der Waals surface area contributed by atoms with Crippen molar-refractivity contribution in [3.05, 3.63) is 50.1 Å². The SMILES string of the molecule is COCCn1c(SCCOc2ccc(Cl)cc2)nc2sc3c(c2c1=O)CCCC3. The summed E-state index contributed by atoms with van der Waals surface area (Å²) in [6.07, 6.45) is 4.39. The maximum Gasteiger partial charge on any atom is 0.263 e. The van der Waals surface area contributed by atoms with Gasteiger partial charge in [0.05, 0.1) is 25.1 Å². The summed E-state index contributed by atoms with van der Waals surface area (Å²) >= 11 is 9.13. The Kier molecular flexibility index (Phi) is 6.80. The third kappa shape index (κ3) is 4.63. The average Bonchev–Trinajstić information content (AvgIpc) is 3.10. The Balaban J connectivity index is 1.55. The molecule has 0 atom stereocenters. The molecule has 0 N–H and O–H groups in total. The van der Waals surface area contributed by atoms with Crippen LogP contribution in [-0.2, 0) is 24.1 Å². The fraction of sp³-hybridized carbons (Fsp3) is 0.429. The first-order valence-electron chi connectivity index (χ1n) is 9.72. The van der Waals surface area contributed by atoms with Gasteiger partial charge in [-0.15, -0.1) is 11.3 Å². The third-order valence-corrected chi connectivity index (χ3v) is 7.33. The van der Waals surface area contributed by atoms with Crippen LogP contribution in [0.4, 0.5) is 0 Å². The zero-order chi connectivity index (χ0) is 20.2. The maximum absolute atomic E-state index is 13.3. The van der Waals surface area contributed by atoms with Crippen LogP contribution in [0.3, 0.4) is 0 Å². The average molecular weight is 451 g/mol. The lowest BCUT2D eigenvalue weighted by Crippen LogP contribution is -2.25. The van der Waals surface area contributed by atoms with Crippen LogP contribution in [0.25, 0.3) is 10.2 Å². The lowest BCUT2D eigenvalue weighted by molar-refractivity contribution is 0.183. The monoisotopic (exact) mass is 450 g/mol. The smallest absolute Gasteiger partial charge is 0.263 e. The number of ether oxygens (including phenoxy) is 2. The molecule has 0 radical (unpaired) electrons. The molecule has 2 aromatic heterocycles. The first-order valence-corrected chi connectivity index (χ1v) is 11.9. The summed E-state index contributed by atoms with van der Waals surface area (Å²) in [6.45, 7) is 1.50. The van der Waals surface area contributed by atoms with Crippen LogP contribution in [0.15, 0.2) is 34.2 Å². The van der Waals surface area contributed by atoms with E-state index >= 15 is 0 Å². The summed E-state index contributed by atoms with van der Waals surface area (Å²) in [6, 6.07) is 7.31. The minimum absolute atomic E-state index is 0.0626. The molecule has 0 unspecified atom stereocenters. The second-order valence-electron chi connectivity index (χ2n) is 6.89. The van der Waals surface area contributed by atoms with Gasteiger partial charge in [0.15, 0.2) is 5.16 Å². The number of nitrogens with zero attached hydrogens (tertiary/aromatic N) is 2. The van der Waals surface area contributed by atoms with Gasteiger partial charge in [0.1, 0.15) is 10.6 Å². The van der Waals surface area contributed by atoms with Gasteiger partial charge in [-0.2, -0.15) is 0 Å². The normalized spacial score (nSPS) is 13.6. The summed E-state index contributed by atoms with van der Waals surface area (Å²) in [5.74, 6) is 1.47. The maximum atomic E-state index is 13.3. The van der Waals surface area contributed by atoms with Gasteiger partial charge in [-0.25, -0.2) is 4.98 Å². The van der Waals surface area contributed by atoms with E-state index in [0.29, 0.717) is 30.5 Å². The number of thioether (sulfide) groups is 1. The van der Waals surface area contributed by atoms with Crippen molar-refractivity contribution in [1.82, 2.24) is 9.55 Å². The highest BCUT2D eigenvalue weighted by atomic mass is 35.5. The van der Waals surface area contributed by atoms with Gasteiger partial charge in [-0.3, -0.25) is 9.36 Å². The minimum Gasteiger partial charge on any atom is -0.493 e. The number of aryl methyl sites for hydroxylation is 2. The molecule has 0 fully saturated rings. The summed E-state index contributed by atoms with van der Waals surface area (Å²) < 4.78 is 12.8. The van der Waals surface area contributed by atoms with Crippen molar-refractivity contribution in [2.75, 3.05) is 26.1 Å². The quantitative estimate of drug-likeness (QED) is 0.280. The lowest BCUT2D eigenvalue weighted by atomic mass is 9.97. The van der Waals surface area contributed by atoms with Crippen molar-refractivity contribution in [3.8, 4) is 5.75 Å². The Hall–Kier alpha value is -1.54. The van der Waals surface area contributed by atoms with E-state index in [1.54, 1.807) is 46.9 Å². The number of rotatable bonds is 8. The van der Waals surface area contributed by atoms with Crippen molar-refractivity contribution in [1.29, 1.82) is 0 Å². The number of hydrogen-bond acceptors (Lipinski definition) is 6. The fourth-order valence-corrected chi connectivity index (χ4v) is 5.80. The number of thiophene rings is 1. The second-order valence-corrected chi connectivity index (χ2v) is 9.47. The van der Waals surface area contributed by atoms with Crippen molar-refractivity contribution in [3.63, 3.8) is 0 Å². The molecule has 2 heterocycles. The molecule has 0 saturated heterocycles. The molecule has 0 bridgehead atoms. The first-order chi connectivity index (χ1) is 14.2. The van der Waals surface area contributed by atoms with Crippen molar-refractivity contribution < 1.29 is 9.47 Å². The summed E-state index contributed by atoms with van der Waals surface area (Å²) in [7, 11) is 1.65. The Morgan fingerprint density at radius 1 is 1.21 bits per heavy atom. The van der Waals surface area contributed by atoms with Crippen LogP contribution in [0, 0.1) is 0 Å². The van der Waals surface area contributed by atoms with E-state index in [0.717, 1.165) is 40.4 Å². The van der Waals surface area contributed by atoms with Crippen molar-refractivity contribution in [2.24, 2.45) is 0 Å². The molecular formula is C21H23ClN2O3S2. The summed E-state index contributed by atoms with van der Waals surface area (Å²) in [4.78, 5) is 20.4. The predicted molar refractivity (Wildman–Crippen MR) is 120 cm³/mol. The Morgan fingerprint density at radius 2 is 2.00 bits per heavy atom. The number of aromatic nitrogens is 2. The number of benzene rings is 1. The molecule has 29 heavy (non-hydrogen) atoms. The molecule has 4 rings (SSSR count). The zero-order valence-corrected chi connectivity index (χ0v) is 18.7. The van der Waals surface area contributed by atoms with Crippen molar-refractivity contribution in [2.45, 2.75) is 37.4 Å². The topological polar surface area (TPSA) is 53.4 Å². The highest BCUT2D eigenvalue weighted by molar-refractivity contribution is 7.99. The molecule has 1 aliphatic carbocycles. The molecule has 1 aromatic carbocycles. The molecule has 1 aliphatic rings. The predicted octanol–water partition coefficient (Wildman–Crippen LogP) is 4.81. The van der Waals surface area contributed by atoms with Gasteiger partial charge in [0.25, 0.3) is 5.56 Å². The summed E-state index contributed by atoms with van der Waals surface area (Å²) in [5, 5.41) is 2.24. The van der Waals surface area contributed by atoms with E-state index in [4.69, 9.17) is 26.1 Å². The second kappa shape index (κ2) is 9.51. The zero-order valence-electron chi connectivity index (χ0n) is 16.3. The van der Waals surface area contributed by atoms with Crippen LogP contribution in [0.2, 0.25) is 5.02 Å². The molecule has 5 nitrogen and oxygen atoms in total. The third-order valence-electron chi connectivity index (χ3n) is 4.96.